The first kappa shape index (κ1) is 64.0. The molecule has 0 saturated carbocycles. The van der Waals surface area contributed by atoms with Crippen LogP contribution < -0.4 is 22.1 Å². The van der Waals surface area contributed by atoms with Crippen molar-refractivity contribution in [1.29, 1.82) is 0 Å². The third kappa shape index (κ3) is 35.7. The first-order valence-corrected chi connectivity index (χ1v) is 23.1. The van der Waals surface area contributed by atoms with Crippen LogP contribution in [0, 0.1) is 11.3 Å². The number of amides is 1. The first-order valence-electron chi connectivity index (χ1n) is 22.2. The van der Waals surface area contributed by atoms with Crippen molar-refractivity contribution in [3.8, 4) is 0 Å². The Bertz CT molecular complexity index is 1300. The van der Waals surface area contributed by atoms with Crippen molar-refractivity contribution in [2.75, 3.05) is 39.5 Å². The fraction of sp³-hybridized carbons (Fsp3) is 0.667. The number of nitrogen functional groups attached to an aromatic ring is 1. The Morgan fingerprint density at radius 2 is 1.61 bits per heavy atom. The van der Waals surface area contributed by atoms with Gasteiger partial charge in [0.1, 0.15) is 11.8 Å². The molecule has 0 aliphatic carbocycles. The molecule has 2 heterocycles. The number of nitrogens with zero attached hydrogens (tertiary/aromatic N) is 2. The molecular weight excluding hydrogens is 789 g/mol. The average molecular weight is 879 g/mol. The van der Waals surface area contributed by atoms with Crippen LogP contribution in [0.25, 0.3) is 6.08 Å². The van der Waals surface area contributed by atoms with Gasteiger partial charge >= 0.3 is 0 Å². The lowest BCUT2D eigenvalue weighted by Crippen LogP contribution is -2.44. The zero-order chi connectivity index (χ0) is 47.6. The number of carboxylic acid groups (broad SMARTS) is 1. The number of nitrogens with two attached hydrogens (primary N) is 2. The second kappa shape index (κ2) is 43.0. The predicted octanol–water partition coefficient (Wildman–Crippen LogP) is 10.6. The maximum atomic E-state index is 13.0. The van der Waals surface area contributed by atoms with Crippen LogP contribution in [0.5, 0.6) is 0 Å². The number of allylic oxidation sites excluding steroid dienone is 1. The molecule has 1 saturated heterocycles. The Morgan fingerprint density at radius 3 is 2.00 bits per heavy atom. The van der Waals surface area contributed by atoms with Crippen LogP contribution in [0.2, 0.25) is 0 Å². The molecule has 7 N–H and O–H groups in total. The van der Waals surface area contributed by atoms with Gasteiger partial charge in [0, 0.05) is 30.0 Å². The molecule has 3 atom stereocenters. The summed E-state index contributed by atoms with van der Waals surface area (Å²) in [6.07, 6.45) is 14.0. The fourth-order valence-corrected chi connectivity index (χ4v) is 6.75. The maximum absolute atomic E-state index is 13.0. The number of benzene rings is 1. The molecule has 13 heteroatoms. The molecule has 1 amide bonds. The molecule has 0 spiro atoms. The molecule has 1 fully saturated rings. The number of unbranched alkanes of at least 4 members (excludes halogenated alkanes) is 3. The standard InChI is InChI=1S/C24H40N2O3S.C14H24N2.C5H11N.C2H6.CH5N.CH2O2.CH2O/c1-8-11-13-15-28-26(23(27)14-12-9-2)21(18(4)5)16-22(29-19(6)7)24-25-20(10-3)17-30-24;1-14(2,3)10-13(16-4)9-11-5-7-12(15)8-6-11;1-2-4-6-5-3-1;2*1-2;2-1-3;1-2/h10,17-18,21-22H,3,6,8-9,11-16H2,1-2,4-5,7H3;5-8,13,16H,9-10,15H2,1-4H3;6H,1-5H2;1-2H3;2H2,1H3;1H,(H,2,3);1H2. The highest BCUT2D eigenvalue weighted by Crippen LogP contribution is 2.32. The number of hydroxylamine groups is 2. The molecule has 1 aromatic carbocycles. The molecular formula is C48H90N6O6S. The number of thiazole rings is 1. The van der Waals surface area contributed by atoms with E-state index < -0.39 is 0 Å². The monoisotopic (exact) mass is 879 g/mol. The second-order valence-electron chi connectivity index (χ2n) is 15.6. The number of carbonyl (C=O) groups excluding carboxylic acids is 2. The molecule has 1 aromatic heterocycles. The minimum absolute atomic E-state index is 0.0482. The quantitative estimate of drug-likeness (QED) is 0.0281. The molecule has 354 valence electrons. The van der Waals surface area contributed by atoms with Gasteiger partial charge in [-0.1, -0.05) is 113 Å². The summed E-state index contributed by atoms with van der Waals surface area (Å²) in [5.74, 6) is 0.884. The topological polar surface area (TPSA) is 182 Å². The summed E-state index contributed by atoms with van der Waals surface area (Å²) in [5.41, 5.74) is 13.5. The Kier molecular flexibility index (Phi) is 45.2. The van der Waals surface area contributed by atoms with Gasteiger partial charge < -0.3 is 36.7 Å². The van der Waals surface area contributed by atoms with Gasteiger partial charge in [-0.15, -0.1) is 11.3 Å². The molecule has 61 heavy (non-hydrogen) atoms. The highest BCUT2D eigenvalue weighted by molar-refractivity contribution is 7.09. The van der Waals surface area contributed by atoms with Crippen LogP contribution in [0.1, 0.15) is 162 Å². The van der Waals surface area contributed by atoms with Gasteiger partial charge in [-0.2, -0.15) is 0 Å². The van der Waals surface area contributed by atoms with E-state index in [-0.39, 0.29) is 30.4 Å². The Morgan fingerprint density at radius 1 is 1.05 bits per heavy atom. The molecule has 0 bridgehead atoms. The molecule has 12 nitrogen and oxygen atoms in total. The minimum Gasteiger partial charge on any atom is -0.488 e. The molecule has 1 aliphatic rings. The Hall–Kier alpha value is -3.62. The number of rotatable bonds is 20. The predicted molar refractivity (Wildman–Crippen MR) is 261 cm³/mol. The zero-order valence-corrected chi connectivity index (χ0v) is 41.3. The third-order valence-electron chi connectivity index (χ3n) is 8.80. The number of hydrogen-bond donors (Lipinski definition) is 5. The van der Waals surface area contributed by atoms with Gasteiger partial charge in [0.15, 0.2) is 6.10 Å². The average Bonchev–Trinajstić information content (AvgIpc) is 3.75. The van der Waals surface area contributed by atoms with Crippen LogP contribution in [0.4, 0.5) is 5.69 Å². The van der Waals surface area contributed by atoms with E-state index in [1.807, 2.05) is 52.1 Å². The highest BCUT2D eigenvalue weighted by atomic mass is 32.1. The maximum Gasteiger partial charge on any atom is 0.290 e. The number of hydrogen-bond acceptors (Lipinski definition) is 11. The van der Waals surface area contributed by atoms with Gasteiger partial charge in [0.05, 0.1) is 24.1 Å². The summed E-state index contributed by atoms with van der Waals surface area (Å²) < 4.78 is 6.05. The van der Waals surface area contributed by atoms with Crippen molar-refractivity contribution < 1.29 is 29.1 Å². The largest absolute Gasteiger partial charge is 0.488 e. The van der Waals surface area contributed by atoms with Crippen molar-refractivity contribution in [1.82, 2.24) is 20.7 Å². The molecule has 0 radical (unpaired) electrons. The van der Waals surface area contributed by atoms with Crippen LogP contribution in [0.15, 0.2) is 48.6 Å². The smallest absolute Gasteiger partial charge is 0.290 e. The van der Waals surface area contributed by atoms with Gasteiger partial charge in [0.25, 0.3) is 6.47 Å². The summed E-state index contributed by atoms with van der Waals surface area (Å²) in [6, 6.07) is 8.59. The lowest BCUT2D eigenvalue weighted by molar-refractivity contribution is -0.209. The minimum atomic E-state index is -0.283. The van der Waals surface area contributed by atoms with E-state index in [2.05, 4.69) is 95.1 Å². The Labute approximate surface area is 376 Å². The summed E-state index contributed by atoms with van der Waals surface area (Å²) in [4.78, 5) is 40.1. The third-order valence-corrected chi connectivity index (χ3v) is 9.75. The van der Waals surface area contributed by atoms with Gasteiger partial charge in [-0.25, -0.2) is 10.0 Å². The van der Waals surface area contributed by atoms with Crippen molar-refractivity contribution in [3.63, 3.8) is 0 Å². The van der Waals surface area contributed by atoms with E-state index in [0.717, 1.165) is 54.9 Å². The Balaban J connectivity index is -0.000000433. The van der Waals surface area contributed by atoms with Crippen molar-refractivity contribution in [2.24, 2.45) is 17.1 Å². The van der Waals surface area contributed by atoms with Gasteiger partial charge in [-0.3, -0.25) is 14.4 Å². The van der Waals surface area contributed by atoms with E-state index in [0.29, 0.717) is 36.7 Å². The van der Waals surface area contributed by atoms with Crippen LogP contribution in [-0.4, -0.2) is 80.2 Å². The summed E-state index contributed by atoms with van der Waals surface area (Å²) >= 11 is 1.54. The highest BCUT2D eigenvalue weighted by Gasteiger charge is 2.32. The molecule has 3 unspecified atom stereocenters. The summed E-state index contributed by atoms with van der Waals surface area (Å²) in [7, 11) is 3.54. The van der Waals surface area contributed by atoms with Gasteiger partial charge in [0.2, 0.25) is 5.91 Å². The van der Waals surface area contributed by atoms with Crippen LogP contribution >= 0.6 is 11.3 Å². The number of likely N-dealkylation sites (N-methyl/N-ethyl adjacent to an activating group) is 1. The summed E-state index contributed by atoms with van der Waals surface area (Å²) in [5, 5.41) is 18.0. The lowest BCUT2D eigenvalue weighted by Gasteiger charge is -2.35. The van der Waals surface area contributed by atoms with Crippen molar-refractivity contribution in [3.05, 3.63) is 64.8 Å². The number of aromatic nitrogens is 1. The van der Waals surface area contributed by atoms with Crippen LogP contribution in [-0.2, 0) is 30.4 Å². The van der Waals surface area contributed by atoms with E-state index in [1.54, 1.807) is 22.5 Å². The number of carbonyl (C=O) groups is 3. The second-order valence-corrected chi connectivity index (χ2v) is 16.5. The van der Waals surface area contributed by atoms with E-state index in [1.165, 1.54) is 51.4 Å². The van der Waals surface area contributed by atoms with E-state index >= 15 is 0 Å². The zero-order valence-electron chi connectivity index (χ0n) is 40.5. The number of ether oxygens (including phenoxy) is 1. The number of nitrogens with one attached hydrogen (secondary N) is 2. The fourth-order valence-electron chi connectivity index (χ4n) is 5.90. The van der Waals surface area contributed by atoms with E-state index in [9.17, 15) is 4.79 Å². The molecule has 3 rings (SSSR count). The van der Waals surface area contributed by atoms with Crippen molar-refractivity contribution in [2.45, 2.75) is 164 Å². The lowest BCUT2D eigenvalue weighted by atomic mass is 9.86. The van der Waals surface area contributed by atoms with Crippen molar-refractivity contribution >= 4 is 42.3 Å². The van der Waals surface area contributed by atoms with Crippen LogP contribution in [0.3, 0.4) is 0 Å². The molecule has 2 aromatic rings. The number of anilines is 1. The van der Waals surface area contributed by atoms with E-state index in [4.69, 9.17) is 30.0 Å². The number of piperidine rings is 1. The first-order chi connectivity index (χ1) is 29.2. The SMILES string of the molecule is C1CCNCC1.C=Cc1csc(C(CC(C(C)C)N(OCCCCC)C(=O)CCCC)OC(=C)C)n1.C=O.CC.CN.CNC(Cc1ccc(N)cc1)CC(C)(C)C.O=CO. The molecule has 1 aliphatic heterocycles. The normalized spacial score (nSPS) is 12.9. The van der Waals surface area contributed by atoms with Gasteiger partial charge in [-0.05, 0) is 108 Å². The summed E-state index contributed by atoms with van der Waals surface area (Å²) in [6.45, 7) is 33.7.